The Hall–Kier alpha value is -2.70. The van der Waals surface area contributed by atoms with Crippen molar-refractivity contribution >= 4 is 27.7 Å². The number of halogens is 1. The number of amides is 1. The summed E-state index contributed by atoms with van der Waals surface area (Å²) in [5, 5.41) is 7.74. The smallest absolute Gasteiger partial charge is 0.288 e. The van der Waals surface area contributed by atoms with Gasteiger partial charge in [-0.2, -0.15) is 5.10 Å². The summed E-state index contributed by atoms with van der Waals surface area (Å²) in [6.45, 7) is 0. The van der Waals surface area contributed by atoms with E-state index >= 15 is 0 Å². The normalized spacial score (nSPS) is 11.3. The second kappa shape index (κ2) is 4.94. The van der Waals surface area contributed by atoms with Gasteiger partial charge in [-0.25, -0.2) is 9.49 Å². The number of aromatic nitrogens is 3. The van der Waals surface area contributed by atoms with Crippen LogP contribution in [-0.2, 0) is 18.3 Å². The van der Waals surface area contributed by atoms with Crippen molar-refractivity contribution in [3.8, 4) is 0 Å². The Morgan fingerprint density at radius 1 is 1.41 bits per heavy atom. The fraction of sp³-hybridized carbons (Fsp3) is 0.267. The van der Waals surface area contributed by atoms with Gasteiger partial charge in [0.2, 0.25) is 5.91 Å². The van der Waals surface area contributed by atoms with Crippen LogP contribution in [0.3, 0.4) is 0 Å². The number of fused-ring (bicyclic) bond motifs is 3. The van der Waals surface area contributed by atoms with Crippen molar-refractivity contribution in [1.82, 2.24) is 19.7 Å². The molecule has 1 amide bonds. The third kappa shape index (κ3) is 2.05. The number of aryl methyl sites for hydroxylation is 1. The maximum Gasteiger partial charge on any atom is 0.288 e. The summed E-state index contributed by atoms with van der Waals surface area (Å²) in [6.07, 6.45) is 0.0662. The molecule has 0 saturated heterocycles. The van der Waals surface area contributed by atoms with Gasteiger partial charge in [0.15, 0.2) is 0 Å². The summed E-state index contributed by atoms with van der Waals surface area (Å²) in [5.74, 6) is -0.506. The molecule has 0 fully saturated rings. The first-order valence-corrected chi connectivity index (χ1v) is 6.75. The lowest BCUT2D eigenvalue weighted by Crippen LogP contribution is -2.25. The van der Waals surface area contributed by atoms with Crippen LogP contribution in [0.5, 0.6) is 0 Å². The number of aromatic amines is 1. The Balaban J connectivity index is 2.38. The number of hydrogen-bond acceptors (Lipinski definition) is 3. The van der Waals surface area contributed by atoms with Crippen molar-refractivity contribution in [3.63, 3.8) is 0 Å². The van der Waals surface area contributed by atoms with Crippen LogP contribution in [0, 0.1) is 5.82 Å². The zero-order valence-electron chi connectivity index (χ0n) is 12.5. The van der Waals surface area contributed by atoms with Gasteiger partial charge in [-0.3, -0.25) is 9.59 Å². The van der Waals surface area contributed by atoms with E-state index in [0.29, 0.717) is 27.5 Å². The van der Waals surface area contributed by atoms with Gasteiger partial charge in [-0.15, -0.1) is 0 Å². The maximum absolute atomic E-state index is 13.5. The van der Waals surface area contributed by atoms with Crippen LogP contribution in [0.1, 0.15) is 5.69 Å². The van der Waals surface area contributed by atoms with Gasteiger partial charge in [0, 0.05) is 31.9 Å². The summed E-state index contributed by atoms with van der Waals surface area (Å²) in [6, 6.07) is 4.31. The highest BCUT2D eigenvalue weighted by atomic mass is 19.1. The number of carbonyl (C=O) groups is 1. The largest absolute Gasteiger partial charge is 0.348 e. The molecule has 2 aromatic heterocycles. The van der Waals surface area contributed by atoms with Crippen molar-refractivity contribution < 1.29 is 9.18 Å². The molecule has 0 spiro atoms. The van der Waals surface area contributed by atoms with Crippen LogP contribution < -0.4 is 5.56 Å². The number of H-pyrrole nitrogens is 1. The minimum Gasteiger partial charge on any atom is -0.348 e. The molecule has 1 aromatic carbocycles. The van der Waals surface area contributed by atoms with E-state index in [2.05, 4.69) is 10.2 Å². The molecule has 0 atom stereocenters. The van der Waals surface area contributed by atoms with Gasteiger partial charge in [0.1, 0.15) is 11.3 Å². The standard InChI is InChI=1S/C15H15FN4O2/c1-19(2)12(21)7-10-13-9-5-4-8(16)6-11(9)20(3)14(13)15(22)18-17-10/h4-6H,7H2,1-3H3,(H,18,22). The SMILES string of the molecule is CN(C)C(=O)Cc1n[nH]c(=O)c2c1c1ccc(F)cc1n2C. The highest BCUT2D eigenvalue weighted by molar-refractivity contribution is 6.09. The van der Waals surface area contributed by atoms with Crippen LogP contribution in [-0.4, -0.2) is 39.7 Å². The van der Waals surface area contributed by atoms with Crippen molar-refractivity contribution in [2.45, 2.75) is 6.42 Å². The van der Waals surface area contributed by atoms with Crippen molar-refractivity contribution in [1.29, 1.82) is 0 Å². The summed E-state index contributed by atoms with van der Waals surface area (Å²) >= 11 is 0. The molecule has 22 heavy (non-hydrogen) atoms. The second-order valence-electron chi connectivity index (χ2n) is 5.41. The number of hydrogen-bond donors (Lipinski definition) is 1. The highest BCUT2D eigenvalue weighted by Gasteiger charge is 2.19. The Morgan fingerprint density at radius 2 is 2.14 bits per heavy atom. The molecule has 0 bridgehead atoms. The quantitative estimate of drug-likeness (QED) is 0.773. The number of rotatable bonds is 2. The molecule has 114 valence electrons. The Labute approximate surface area is 125 Å². The monoisotopic (exact) mass is 302 g/mol. The van der Waals surface area contributed by atoms with E-state index in [1.165, 1.54) is 17.0 Å². The van der Waals surface area contributed by atoms with E-state index in [4.69, 9.17) is 0 Å². The van der Waals surface area contributed by atoms with Crippen LogP contribution in [0.15, 0.2) is 23.0 Å². The molecule has 0 saturated carbocycles. The summed E-state index contributed by atoms with van der Waals surface area (Å²) in [4.78, 5) is 25.5. The average molecular weight is 302 g/mol. The summed E-state index contributed by atoms with van der Waals surface area (Å²) in [5.41, 5.74) is 1.09. The number of carbonyl (C=O) groups excluding carboxylic acids is 1. The molecule has 0 aliphatic heterocycles. The maximum atomic E-state index is 13.5. The van der Waals surface area contributed by atoms with Gasteiger partial charge >= 0.3 is 0 Å². The van der Waals surface area contributed by atoms with E-state index in [0.717, 1.165) is 0 Å². The van der Waals surface area contributed by atoms with E-state index < -0.39 is 0 Å². The second-order valence-corrected chi connectivity index (χ2v) is 5.41. The number of benzene rings is 1. The van der Waals surface area contributed by atoms with Crippen LogP contribution in [0.25, 0.3) is 21.8 Å². The topological polar surface area (TPSA) is 71.0 Å². The molecule has 0 aliphatic rings. The Kier molecular flexibility index (Phi) is 3.20. The van der Waals surface area contributed by atoms with Crippen molar-refractivity contribution in [3.05, 3.63) is 40.1 Å². The predicted molar refractivity (Wildman–Crippen MR) is 81.2 cm³/mol. The third-order valence-corrected chi connectivity index (χ3v) is 3.78. The lowest BCUT2D eigenvalue weighted by Gasteiger charge is -2.10. The fourth-order valence-corrected chi connectivity index (χ4v) is 2.62. The molecule has 6 nitrogen and oxygen atoms in total. The zero-order valence-corrected chi connectivity index (χ0v) is 12.5. The molecular formula is C15H15FN4O2. The minimum atomic E-state index is -0.381. The van der Waals surface area contributed by atoms with E-state index in [9.17, 15) is 14.0 Å². The number of nitrogens with one attached hydrogen (secondary N) is 1. The first-order chi connectivity index (χ1) is 10.4. The van der Waals surface area contributed by atoms with E-state index in [1.54, 1.807) is 31.8 Å². The molecule has 1 N–H and O–H groups in total. The predicted octanol–water partition coefficient (Wildman–Crippen LogP) is 1.18. The fourth-order valence-electron chi connectivity index (χ4n) is 2.62. The molecule has 0 aliphatic carbocycles. The summed E-state index contributed by atoms with van der Waals surface area (Å²) < 4.78 is 15.1. The van der Waals surface area contributed by atoms with E-state index in [-0.39, 0.29) is 23.7 Å². The Morgan fingerprint density at radius 3 is 2.82 bits per heavy atom. The Bertz CT molecular complexity index is 955. The van der Waals surface area contributed by atoms with Crippen LogP contribution >= 0.6 is 0 Å². The first kappa shape index (κ1) is 14.2. The third-order valence-electron chi connectivity index (χ3n) is 3.78. The molecule has 3 aromatic rings. The molecular weight excluding hydrogens is 287 g/mol. The van der Waals surface area contributed by atoms with Crippen LogP contribution in [0.4, 0.5) is 4.39 Å². The van der Waals surface area contributed by atoms with Crippen LogP contribution in [0.2, 0.25) is 0 Å². The van der Waals surface area contributed by atoms with Gasteiger partial charge in [-0.1, -0.05) is 0 Å². The first-order valence-electron chi connectivity index (χ1n) is 6.75. The zero-order chi connectivity index (χ0) is 16.0. The van der Waals surface area contributed by atoms with Gasteiger partial charge < -0.3 is 9.47 Å². The molecule has 0 unspecified atom stereocenters. The van der Waals surface area contributed by atoms with Crippen molar-refractivity contribution in [2.75, 3.05) is 14.1 Å². The molecule has 0 radical (unpaired) electrons. The average Bonchev–Trinajstić information content (AvgIpc) is 2.76. The lowest BCUT2D eigenvalue weighted by atomic mass is 10.1. The molecule has 2 heterocycles. The van der Waals surface area contributed by atoms with Gasteiger partial charge in [-0.05, 0) is 18.2 Å². The number of likely N-dealkylation sites (N-methyl/N-ethyl adjacent to an activating group) is 1. The minimum absolute atomic E-state index is 0.0662. The molecule has 3 rings (SSSR count). The summed E-state index contributed by atoms with van der Waals surface area (Å²) in [7, 11) is 5.00. The van der Waals surface area contributed by atoms with Gasteiger partial charge in [0.25, 0.3) is 5.56 Å². The van der Waals surface area contributed by atoms with Gasteiger partial charge in [0.05, 0.1) is 17.6 Å². The molecule has 7 heteroatoms. The van der Waals surface area contributed by atoms with Crippen molar-refractivity contribution in [2.24, 2.45) is 7.05 Å². The highest BCUT2D eigenvalue weighted by Crippen LogP contribution is 2.28. The number of nitrogens with zero attached hydrogens (tertiary/aromatic N) is 3. The lowest BCUT2D eigenvalue weighted by molar-refractivity contribution is -0.128. The van der Waals surface area contributed by atoms with E-state index in [1.807, 2.05) is 0 Å².